The van der Waals surface area contributed by atoms with Gasteiger partial charge in [0.2, 0.25) is 0 Å². The maximum absolute atomic E-state index is 12.3. The minimum Gasteiger partial charge on any atom is -0.348 e. The highest BCUT2D eigenvalue weighted by Crippen LogP contribution is 2.17. The van der Waals surface area contributed by atoms with Crippen molar-refractivity contribution in [3.8, 4) is 0 Å². The highest BCUT2D eigenvalue weighted by atomic mass is 16.2. The van der Waals surface area contributed by atoms with Gasteiger partial charge in [0.25, 0.3) is 11.5 Å². The van der Waals surface area contributed by atoms with Gasteiger partial charge < -0.3 is 5.32 Å². The lowest BCUT2D eigenvalue weighted by molar-refractivity contribution is 0.0922. The predicted octanol–water partition coefficient (Wildman–Crippen LogP) is 2.50. The fraction of sp³-hybridized carbons (Fsp3) is 0.688. The van der Waals surface area contributed by atoms with Gasteiger partial charge in [0.05, 0.1) is 0 Å². The molecule has 1 fully saturated rings. The van der Waals surface area contributed by atoms with Gasteiger partial charge in [-0.2, -0.15) is 5.10 Å². The Labute approximate surface area is 125 Å². The molecular formula is C16H25N3O2. The second-order valence-corrected chi connectivity index (χ2v) is 5.80. The van der Waals surface area contributed by atoms with Crippen molar-refractivity contribution in [3.63, 3.8) is 0 Å². The van der Waals surface area contributed by atoms with Crippen LogP contribution in [0.1, 0.15) is 68.8 Å². The summed E-state index contributed by atoms with van der Waals surface area (Å²) in [5.74, 6) is -0.162. The smallest absolute Gasteiger partial charge is 0.271 e. The summed E-state index contributed by atoms with van der Waals surface area (Å²) in [6.45, 7) is 2.53. The van der Waals surface area contributed by atoms with E-state index >= 15 is 0 Å². The van der Waals surface area contributed by atoms with E-state index in [0.717, 1.165) is 19.3 Å². The lowest BCUT2D eigenvalue weighted by Crippen LogP contribution is -2.37. The Bertz CT molecular complexity index is 516. The van der Waals surface area contributed by atoms with Crippen LogP contribution in [0.5, 0.6) is 0 Å². The molecule has 1 aliphatic carbocycles. The van der Waals surface area contributed by atoms with Gasteiger partial charge in [0.15, 0.2) is 0 Å². The Balaban J connectivity index is 2.01. The lowest BCUT2D eigenvalue weighted by atomic mass is 9.96. The number of carbonyl (C=O) groups is 1. The van der Waals surface area contributed by atoms with E-state index in [1.54, 1.807) is 0 Å². The van der Waals surface area contributed by atoms with Crippen molar-refractivity contribution in [2.45, 2.75) is 70.9 Å². The summed E-state index contributed by atoms with van der Waals surface area (Å²) in [6, 6.07) is 3.19. The maximum atomic E-state index is 12.3. The average molecular weight is 291 g/mol. The maximum Gasteiger partial charge on any atom is 0.271 e. The third kappa shape index (κ3) is 4.69. The van der Waals surface area contributed by atoms with Crippen LogP contribution in [0.4, 0.5) is 0 Å². The fourth-order valence-corrected chi connectivity index (χ4v) is 2.80. The molecule has 21 heavy (non-hydrogen) atoms. The van der Waals surface area contributed by atoms with E-state index in [2.05, 4.69) is 10.4 Å². The summed E-state index contributed by atoms with van der Waals surface area (Å²) < 4.78 is 1.37. The first-order valence-electron chi connectivity index (χ1n) is 8.09. The Morgan fingerprint density at radius 1 is 1.24 bits per heavy atom. The number of aryl methyl sites for hydroxylation is 1. The summed E-state index contributed by atoms with van der Waals surface area (Å²) in [5.41, 5.74) is 0.185. The first-order chi connectivity index (χ1) is 10.2. The molecule has 0 aromatic carbocycles. The average Bonchev–Trinajstić information content (AvgIpc) is 2.44. The molecule has 0 saturated heterocycles. The molecule has 5 heteroatoms. The Hall–Kier alpha value is -1.65. The van der Waals surface area contributed by atoms with Crippen LogP contribution in [0.25, 0.3) is 0 Å². The number of hydrogen-bond donors (Lipinski definition) is 1. The molecule has 0 spiro atoms. The van der Waals surface area contributed by atoms with E-state index in [9.17, 15) is 9.59 Å². The van der Waals surface area contributed by atoms with Crippen LogP contribution in [-0.4, -0.2) is 21.7 Å². The first kappa shape index (κ1) is 15.7. The van der Waals surface area contributed by atoms with Crippen LogP contribution in [0, 0.1) is 0 Å². The SMILES string of the molecule is CCCn1nc(C(=O)NC2CCCCCCC2)ccc1=O. The third-order valence-electron chi connectivity index (χ3n) is 3.98. The minimum absolute atomic E-state index is 0.153. The topological polar surface area (TPSA) is 64.0 Å². The van der Waals surface area contributed by atoms with Gasteiger partial charge in [0, 0.05) is 18.7 Å². The van der Waals surface area contributed by atoms with Gasteiger partial charge in [0.1, 0.15) is 5.69 Å². The standard InChI is InChI=1S/C16H25N3O2/c1-2-12-19-15(20)11-10-14(18-19)16(21)17-13-8-6-4-3-5-7-9-13/h10-11,13H,2-9,12H2,1H3,(H,17,21). The van der Waals surface area contributed by atoms with E-state index in [1.165, 1.54) is 48.9 Å². The zero-order valence-corrected chi connectivity index (χ0v) is 12.8. The molecule has 1 aromatic rings. The Kier molecular flexibility index (Phi) is 5.96. The second kappa shape index (κ2) is 7.96. The summed E-state index contributed by atoms with van der Waals surface area (Å²) in [7, 11) is 0. The number of rotatable bonds is 4. The predicted molar refractivity (Wildman–Crippen MR) is 82.4 cm³/mol. The summed E-state index contributed by atoms with van der Waals surface area (Å²) in [5, 5.41) is 7.24. The molecule has 0 bridgehead atoms. The van der Waals surface area contributed by atoms with Gasteiger partial charge in [-0.3, -0.25) is 9.59 Å². The molecule has 0 unspecified atom stereocenters. The molecule has 1 saturated carbocycles. The molecular weight excluding hydrogens is 266 g/mol. The highest BCUT2D eigenvalue weighted by molar-refractivity contribution is 5.92. The van der Waals surface area contributed by atoms with Crippen molar-refractivity contribution >= 4 is 5.91 Å². The highest BCUT2D eigenvalue weighted by Gasteiger charge is 2.16. The molecule has 0 atom stereocenters. The Morgan fingerprint density at radius 3 is 2.57 bits per heavy atom. The van der Waals surface area contributed by atoms with E-state index in [4.69, 9.17) is 0 Å². The molecule has 1 aromatic heterocycles. The van der Waals surface area contributed by atoms with Crippen LogP contribution in [0.15, 0.2) is 16.9 Å². The Morgan fingerprint density at radius 2 is 1.90 bits per heavy atom. The van der Waals surface area contributed by atoms with Crippen LogP contribution >= 0.6 is 0 Å². The number of aromatic nitrogens is 2. The largest absolute Gasteiger partial charge is 0.348 e. The molecule has 5 nitrogen and oxygen atoms in total. The third-order valence-corrected chi connectivity index (χ3v) is 3.98. The van der Waals surface area contributed by atoms with E-state index in [-0.39, 0.29) is 17.5 Å². The molecule has 0 radical (unpaired) electrons. The number of amides is 1. The number of nitrogens with one attached hydrogen (secondary N) is 1. The first-order valence-corrected chi connectivity index (χ1v) is 8.09. The molecule has 1 amide bonds. The van der Waals surface area contributed by atoms with Crippen molar-refractivity contribution in [2.75, 3.05) is 0 Å². The van der Waals surface area contributed by atoms with E-state index in [1.807, 2.05) is 6.92 Å². The van der Waals surface area contributed by atoms with Crippen molar-refractivity contribution in [2.24, 2.45) is 0 Å². The summed E-state index contributed by atoms with van der Waals surface area (Å²) in [6.07, 6.45) is 9.07. The molecule has 1 N–H and O–H groups in total. The molecule has 1 heterocycles. The van der Waals surface area contributed by atoms with E-state index < -0.39 is 0 Å². The zero-order chi connectivity index (χ0) is 15.1. The van der Waals surface area contributed by atoms with Crippen LogP contribution in [0.2, 0.25) is 0 Å². The lowest BCUT2D eigenvalue weighted by Gasteiger charge is -2.20. The fourth-order valence-electron chi connectivity index (χ4n) is 2.80. The minimum atomic E-state index is -0.162. The monoisotopic (exact) mass is 291 g/mol. The summed E-state index contributed by atoms with van der Waals surface area (Å²) >= 11 is 0. The van der Waals surface area contributed by atoms with Crippen LogP contribution < -0.4 is 10.9 Å². The van der Waals surface area contributed by atoms with Gasteiger partial charge in [-0.15, -0.1) is 0 Å². The van der Waals surface area contributed by atoms with Gasteiger partial charge in [-0.1, -0.05) is 39.0 Å². The molecule has 2 rings (SSSR count). The molecule has 1 aliphatic rings. The number of nitrogens with zero attached hydrogens (tertiary/aromatic N) is 2. The normalized spacial score (nSPS) is 17.0. The van der Waals surface area contributed by atoms with E-state index in [0.29, 0.717) is 12.2 Å². The van der Waals surface area contributed by atoms with Gasteiger partial charge >= 0.3 is 0 Å². The van der Waals surface area contributed by atoms with Gasteiger partial charge in [-0.25, -0.2) is 4.68 Å². The van der Waals surface area contributed by atoms with Crippen LogP contribution in [0.3, 0.4) is 0 Å². The second-order valence-electron chi connectivity index (χ2n) is 5.80. The van der Waals surface area contributed by atoms with Crippen molar-refractivity contribution in [3.05, 3.63) is 28.2 Å². The van der Waals surface area contributed by atoms with Crippen LogP contribution in [-0.2, 0) is 6.54 Å². The number of hydrogen-bond acceptors (Lipinski definition) is 3. The number of carbonyl (C=O) groups excluding carboxylic acids is 1. The van der Waals surface area contributed by atoms with Crippen molar-refractivity contribution in [1.82, 2.24) is 15.1 Å². The van der Waals surface area contributed by atoms with Crippen molar-refractivity contribution < 1.29 is 4.79 Å². The van der Waals surface area contributed by atoms with Crippen molar-refractivity contribution in [1.29, 1.82) is 0 Å². The quantitative estimate of drug-likeness (QED) is 0.927. The van der Waals surface area contributed by atoms with Gasteiger partial charge in [-0.05, 0) is 25.3 Å². The zero-order valence-electron chi connectivity index (χ0n) is 12.8. The molecule has 0 aliphatic heterocycles. The molecule has 116 valence electrons. The summed E-state index contributed by atoms with van der Waals surface area (Å²) in [4.78, 5) is 23.9.